The largest absolute Gasteiger partial charge is 0.497 e. The molecule has 0 bridgehead atoms. The SMILES string of the molecule is COc1ccc(-c2ccnc(N[C@H]3CO[C@H]4[C@@H]3OC[C@H]4OC(=O)Nc3ccc(C(C)(C)C)cc3)n2)cc1. The van der Waals surface area contributed by atoms with E-state index in [1.165, 1.54) is 5.56 Å². The van der Waals surface area contributed by atoms with Crippen molar-refractivity contribution in [3.8, 4) is 17.0 Å². The third-order valence-corrected chi connectivity index (χ3v) is 6.62. The second-order valence-corrected chi connectivity index (χ2v) is 10.2. The third-order valence-electron chi connectivity index (χ3n) is 6.62. The van der Waals surface area contributed by atoms with Crippen molar-refractivity contribution < 1.29 is 23.7 Å². The summed E-state index contributed by atoms with van der Waals surface area (Å²) in [5, 5.41) is 6.11. The molecule has 2 aliphatic rings. The highest BCUT2D eigenvalue weighted by molar-refractivity contribution is 5.84. The molecule has 5 rings (SSSR count). The van der Waals surface area contributed by atoms with Crippen LogP contribution < -0.4 is 15.4 Å². The highest BCUT2D eigenvalue weighted by atomic mass is 16.6. The Morgan fingerprint density at radius 1 is 0.973 bits per heavy atom. The predicted octanol–water partition coefficient (Wildman–Crippen LogP) is 4.65. The molecule has 2 N–H and O–H groups in total. The van der Waals surface area contributed by atoms with Gasteiger partial charge in [-0.05, 0) is 53.4 Å². The Labute approximate surface area is 216 Å². The summed E-state index contributed by atoms with van der Waals surface area (Å²) in [6.07, 6.45) is 0.0287. The molecule has 9 heteroatoms. The van der Waals surface area contributed by atoms with Crippen LogP contribution in [-0.4, -0.2) is 60.7 Å². The first kappa shape index (κ1) is 25.0. The number of carbonyl (C=O) groups is 1. The smallest absolute Gasteiger partial charge is 0.412 e. The first-order chi connectivity index (χ1) is 17.8. The van der Waals surface area contributed by atoms with Crippen molar-refractivity contribution in [2.75, 3.05) is 31.0 Å². The number of benzene rings is 2. The summed E-state index contributed by atoms with van der Waals surface area (Å²) in [5.41, 5.74) is 3.65. The van der Waals surface area contributed by atoms with Gasteiger partial charge in [0.1, 0.15) is 18.0 Å². The van der Waals surface area contributed by atoms with Crippen molar-refractivity contribution in [2.45, 2.75) is 50.5 Å². The zero-order chi connectivity index (χ0) is 26.0. The third kappa shape index (κ3) is 5.68. The number of carbonyl (C=O) groups excluding carboxylic acids is 1. The van der Waals surface area contributed by atoms with Crippen LogP contribution in [0.4, 0.5) is 16.4 Å². The van der Waals surface area contributed by atoms with E-state index in [1.54, 1.807) is 13.3 Å². The van der Waals surface area contributed by atoms with Crippen LogP contribution in [0.25, 0.3) is 11.3 Å². The van der Waals surface area contributed by atoms with E-state index in [-0.39, 0.29) is 30.3 Å². The van der Waals surface area contributed by atoms with Gasteiger partial charge in [-0.25, -0.2) is 14.8 Å². The minimum Gasteiger partial charge on any atom is -0.497 e. The Kier molecular flexibility index (Phi) is 6.99. The van der Waals surface area contributed by atoms with Gasteiger partial charge in [0.05, 0.1) is 32.1 Å². The number of anilines is 2. The van der Waals surface area contributed by atoms with Crippen LogP contribution in [0, 0.1) is 0 Å². The fourth-order valence-electron chi connectivity index (χ4n) is 4.54. The Bertz CT molecular complexity index is 1230. The standard InChI is InChI=1S/C28H32N4O5/c1-28(2,3)18-7-9-19(10-8-18)30-27(33)37-23-16-36-24-22(15-35-25(23)24)32-26-29-14-13-21(31-26)17-5-11-20(34-4)12-6-17/h5-14,22-25H,15-16H2,1-4H3,(H,30,33)(H,29,31,32)/t22-,23+,24+,25+/m0/s1. The summed E-state index contributed by atoms with van der Waals surface area (Å²) in [7, 11) is 1.64. The normalized spacial score (nSPS) is 22.8. The second kappa shape index (κ2) is 10.4. The first-order valence-corrected chi connectivity index (χ1v) is 12.4. The predicted molar refractivity (Wildman–Crippen MR) is 140 cm³/mol. The van der Waals surface area contributed by atoms with E-state index in [1.807, 2.05) is 54.6 Å². The van der Waals surface area contributed by atoms with Crippen molar-refractivity contribution in [3.63, 3.8) is 0 Å². The summed E-state index contributed by atoms with van der Waals surface area (Å²) < 4.78 is 22.8. The van der Waals surface area contributed by atoms with Gasteiger partial charge in [0.15, 0.2) is 6.10 Å². The van der Waals surface area contributed by atoms with E-state index < -0.39 is 12.2 Å². The van der Waals surface area contributed by atoms with Crippen molar-refractivity contribution in [1.29, 1.82) is 0 Å². The highest BCUT2D eigenvalue weighted by Crippen LogP contribution is 2.31. The van der Waals surface area contributed by atoms with Crippen LogP contribution in [0.15, 0.2) is 60.8 Å². The zero-order valence-corrected chi connectivity index (χ0v) is 21.4. The van der Waals surface area contributed by atoms with E-state index in [0.717, 1.165) is 17.0 Å². The molecule has 0 saturated carbocycles. The number of nitrogens with one attached hydrogen (secondary N) is 2. The molecule has 2 saturated heterocycles. The van der Waals surface area contributed by atoms with Gasteiger partial charge in [0.25, 0.3) is 0 Å². The molecule has 2 aliphatic heterocycles. The molecule has 2 fully saturated rings. The van der Waals surface area contributed by atoms with E-state index in [2.05, 4.69) is 41.4 Å². The number of rotatable bonds is 6. The maximum absolute atomic E-state index is 12.5. The Morgan fingerprint density at radius 2 is 1.70 bits per heavy atom. The van der Waals surface area contributed by atoms with Crippen LogP contribution in [0.5, 0.6) is 5.75 Å². The average Bonchev–Trinajstić information content (AvgIpc) is 3.47. The van der Waals surface area contributed by atoms with Gasteiger partial charge in [-0.15, -0.1) is 0 Å². The Morgan fingerprint density at radius 3 is 2.41 bits per heavy atom. The number of hydrogen-bond acceptors (Lipinski definition) is 8. The molecule has 2 aromatic carbocycles. The van der Waals surface area contributed by atoms with Gasteiger partial charge >= 0.3 is 6.09 Å². The van der Waals surface area contributed by atoms with Crippen molar-refractivity contribution in [1.82, 2.24) is 9.97 Å². The fraction of sp³-hybridized carbons (Fsp3) is 0.393. The summed E-state index contributed by atoms with van der Waals surface area (Å²) in [6.45, 7) is 7.09. The molecule has 9 nitrogen and oxygen atoms in total. The lowest BCUT2D eigenvalue weighted by molar-refractivity contribution is 0.00917. The van der Waals surface area contributed by atoms with Gasteiger partial charge in [0, 0.05) is 17.4 Å². The molecule has 1 amide bonds. The van der Waals surface area contributed by atoms with Gasteiger partial charge in [-0.1, -0.05) is 32.9 Å². The summed E-state index contributed by atoms with van der Waals surface area (Å²) >= 11 is 0. The first-order valence-electron chi connectivity index (χ1n) is 12.4. The van der Waals surface area contributed by atoms with Crippen molar-refractivity contribution >= 4 is 17.7 Å². The van der Waals surface area contributed by atoms with E-state index in [4.69, 9.17) is 18.9 Å². The monoisotopic (exact) mass is 504 g/mol. The molecule has 1 aromatic heterocycles. The summed E-state index contributed by atoms with van der Waals surface area (Å²) in [4.78, 5) is 21.5. The summed E-state index contributed by atoms with van der Waals surface area (Å²) in [5.74, 6) is 1.26. The van der Waals surface area contributed by atoms with Gasteiger partial charge in [-0.3, -0.25) is 5.32 Å². The minimum absolute atomic E-state index is 0.0433. The van der Waals surface area contributed by atoms with E-state index >= 15 is 0 Å². The molecular weight excluding hydrogens is 472 g/mol. The van der Waals surface area contributed by atoms with Gasteiger partial charge in [0.2, 0.25) is 5.95 Å². The highest BCUT2D eigenvalue weighted by Gasteiger charge is 2.49. The number of nitrogens with zero attached hydrogens (tertiary/aromatic N) is 2. The number of amides is 1. The topological polar surface area (TPSA) is 104 Å². The van der Waals surface area contributed by atoms with E-state index in [0.29, 0.717) is 18.2 Å². The molecule has 3 aromatic rings. The lowest BCUT2D eigenvalue weighted by Gasteiger charge is -2.20. The van der Waals surface area contributed by atoms with Crippen LogP contribution in [0.2, 0.25) is 0 Å². The zero-order valence-electron chi connectivity index (χ0n) is 21.4. The molecular formula is C28H32N4O5. The minimum atomic E-state index is -0.534. The maximum atomic E-state index is 12.5. The number of hydrogen-bond donors (Lipinski definition) is 2. The molecule has 4 atom stereocenters. The van der Waals surface area contributed by atoms with E-state index in [9.17, 15) is 4.79 Å². The molecule has 0 radical (unpaired) electrons. The number of aromatic nitrogens is 2. The van der Waals surface area contributed by atoms with Crippen molar-refractivity contribution in [3.05, 3.63) is 66.4 Å². The Balaban J connectivity index is 1.17. The van der Waals surface area contributed by atoms with Crippen molar-refractivity contribution in [2.24, 2.45) is 0 Å². The number of ether oxygens (including phenoxy) is 4. The molecule has 37 heavy (non-hydrogen) atoms. The molecule has 3 heterocycles. The average molecular weight is 505 g/mol. The lowest BCUT2D eigenvalue weighted by Crippen LogP contribution is -2.38. The molecule has 0 unspecified atom stereocenters. The Hall–Kier alpha value is -3.69. The number of fused-ring (bicyclic) bond motifs is 1. The van der Waals surface area contributed by atoms with Gasteiger partial charge in [-0.2, -0.15) is 0 Å². The quantitative estimate of drug-likeness (QED) is 0.500. The van der Waals surface area contributed by atoms with Gasteiger partial charge < -0.3 is 24.3 Å². The maximum Gasteiger partial charge on any atom is 0.412 e. The van der Waals surface area contributed by atoms with Crippen LogP contribution >= 0.6 is 0 Å². The lowest BCUT2D eigenvalue weighted by atomic mass is 9.87. The van der Waals surface area contributed by atoms with Crippen LogP contribution in [-0.2, 0) is 19.6 Å². The molecule has 194 valence electrons. The molecule has 0 spiro atoms. The summed E-state index contributed by atoms with van der Waals surface area (Å²) in [6, 6.07) is 17.1. The number of methoxy groups -OCH3 is 1. The van der Waals surface area contributed by atoms with Crippen LogP contribution in [0.3, 0.4) is 0 Å². The van der Waals surface area contributed by atoms with Crippen LogP contribution in [0.1, 0.15) is 26.3 Å². The second-order valence-electron chi connectivity index (χ2n) is 10.2. The fourth-order valence-corrected chi connectivity index (χ4v) is 4.54. The molecule has 0 aliphatic carbocycles.